The van der Waals surface area contributed by atoms with Crippen LogP contribution in [-0.2, 0) is 4.79 Å². The summed E-state index contributed by atoms with van der Waals surface area (Å²) in [6, 6.07) is 0. The van der Waals surface area contributed by atoms with Gasteiger partial charge in [0.2, 0.25) is 0 Å². The largest absolute Gasteiger partial charge is 0.550 e. The van der Waals surface area contributed by atoms with Crippen molar-refractivity contribution in [2.45, 2.75) is 40.0 Å². The Bertz CT molecular complexity index is 214. The maximum atomic E-state index is 11.1. The van der Waals surface area contributed by atoms with Crippen LogP contribution in [0.2, 0.25) is 0 Å². The topological polar surface area (TPSA) is 40.1 Å². The Morgan fingerprint density at radius 3 is 2.25 bits per heavy atom. The Kier molecular flexibility index (Phi) is 6.65. The second-order valence-corrected chi connectivity index (χ2v) is 5.48. The van der Waals surface area contributed by atoms with E-state index in [1.54, 1.807) is 0 Å². The van der Waals surface area contributed by atoms with E-state index in [-0.39, 0.29) is 11.8 Å². The van der Waals surface area contributed by atoms with E-state index in [2.05, 4.69) is 27.9 Å². The third kappa shape index (κ3) is 5.50. The van der Waals surface area contributed by atoms with E-state index >= 15 is 0 Å². The molecule has 96 valence electrons. The quantitative estimate of drug-likeness (QED) is 0.588. The standard InChI is InChI=1S/C13H27NO2/c1-6-8-9-12(13(15)16)11(3)10-14(4,5)7-2/h11-12H,6-10H2,1-5H3. The molecule has 2 atom stereocenters. The fourth-order valence-electron chi connectivity index (χ4n) is 2.09. The number of carbonyl (C=O) groups excluding carboxylic acids is 1. The van der Waals surface area contributed by atoms with Crippen molar-refractivity contribution >= 4 is 5.97 Å². The third-order valence-corrected chi connectivity index (χ3v) is 3.50. The van der Waals surface area contributed by atoms with E-state index < -0.39 is 5.97 Å². The Morgan fingerprint density at radius 1 is 1.31 bits per heavy atom. The molecule has 0 aliphatic heterocycles. The minimum atomic E-state index is -0.878. The molecule has 0 aromatic heterocycles. The monoisotopic (exact) mass is 229 g/mol. The SMILES string of the molecule is CCCCC(C(=O)[O-])C(C)C[N+](C)(C)CC. The molecule has 0 radical (unpaired) electrons. The zero-order valence-corrected chi connectivity index (χ0v) is 11.5. The van der Waals surface area contributed by atoms with Crippen molar-refractivity contribution in [3.63, 3.8) is 0 Å². The molecule has 3 nitrogen and oxygen atoms in total. The lowest BCUT2D eigenvalue weighted by molar-refractivity contribution is -0.892. The summed E-state index contributed by atoms with van der Waals surface area (Å²) >= 11 is 0. The second kappa shape index (κ2) is 6.89. The van der Waals surface area contributed by atoms with Crippen molar-refractivity contribution in [3.05, 3.63) is 0 Å². The maximum Gasteiger partial charge on any atom is 0.0814 e. The molecule has 0 amide bonds. The molecule has 0 bridgehead atoms. The predicted octanol–water partition coefficient (Wildman–Crippen LogP) is 1.28. The molecule has 0 N–H and O–H groups in total. The smallest absolute Gasteiger partial charge is 0.0814 e. The Balaban J connectivity index is 4.38. The Labute approximate surface area is 100 Å². The van der Waals surface area contributed by atoms with Crippen LogP contribution in [0.25, 0.3) is 0 Å². The van der Waals surface area contributed by atoms with Gasteiger partial charge in [-0.15, -0.1) is 0 Å². The van der Waals surface area contributed by atoms with E-state index in [1.165, 1.54) is 0 Å². The second-order valence-electron chi connectivity index (χ2n) is 5.48. The van der Waals surface area contributed by atoms with Crippen LogP contribution in [0.1, 0.15) is 40.0 Å². The molecule has 0 heterocycles. The van der Waals surface area contributed by atoms with Crippen molar-refractivity contribution in [1.29, 1.82) is 0 Å². The van der Waals surface area contributed by atoms with Crippen LogP contribution in [0.5, 0.6) is 0 Å². The minimum Gasteiger partial charge on any atom is -0.550 e. The normalized spacial score (nSPS) is 15.8. The summed E-state index contributed by atoms with van der Waals surface area (Å²) in [5.41, 5.74) is 0. The number of nitrogens with zero attached hydrogens (tertiary/aromatic N) is 1. The molecule has 0 rings (SSSR count). The van der Waals surface area contributed by atoms with E-state index in [1.807, 2.05) is 6.92 Å². The zero-order chi connectivity index (χ0) is 12.8. The molecule has 0 aliphatic rings. The number of aliphatic carboxylic acids is 1. The van der Waals surface area contributed by atoms with Crippen LogP contribution in [0.4, 0.5) is 0 Å². The first-order valence-corrected chi connectivity index (χ1v) is 6.37. The van der Waals surface area contributed by atoms with Crippen molar-refractivity contribution in [2.24, 2.45) is 11.8 Å². The van der Waals surface area contributed by atoms with Gasteiger partial charge < -0.3 is 14.4 Å². The van der Waals surface area contributed by atoms with Crippen LogP contribution in [-0.4, -0.2) is 37.6 Å². The molecule has 3 heteroatoms. The highest BCUT2D eigenvalue weighted by Crippen LogP contribution is 2.20. The molecule has 16 heavy (non-hydrogen) atoms. The Hall–Kier alpha value is -0.570. The first-order chi connectivity index (χ1) is 7.34. The summed E-state index contributed by atoms with van der Waals surface area (Å²) in [7, 11) is 4.28. The van der Waals surface area contributed by atoms with Crippen LogP contribution in [0.3, 0.4) is 0 Å². The zero-order valence-electron chi connectivity index (χ0n) is 11.5. The highest BCUT2D eigenvalue weighted by atomic mass is 16.4. The van der Waals surface area contributed by atoms with Crippen LogP contribution in [0, 0.1) is 11.8 Å². The fraction of sp³-hybridized carbons (Fsp3) is 0.923. The third-order valence-electron chi connectivity index (χ3n) is 3.50. The lowest BCUT2D eigenvalue weighted by atomic mass is 9.88. The number of carboxylic acid groups (broad SMARTS) is 1. The molecule has 0 aromatic carbocycles. The van der Waals surface area contributed by atoms with E-state index in [9.17, 15) is 9.90 Å². The number of hydrogen-bond donors (Lipinski definition) is 0. The average molecular weight is 229 g/mol. The molecule has 0 spiro atoms. The number of rotatable bonds is 8. The maximum absolute atomic E-state index is 11.1. The van der Waals surface area contributed by atoms with E-state index in [0.29, 0.717) is 0 Å². The highest BCUT2D eigenvalue weighted by Gasteiger charge is 2.24. The molecule has 0 fully saturated rings. The average Bonchev–Trinajstić information content (AvgIpc) is 2.17. The van der Waals surface area contributed by atoms with Gasteiger partial charge >= 0.3 is 0 Å². The number of hydrogen-bond acceptors (Lipinski definition) is 2. The van der Waals surface area contributed by atoms with E-state index in [0.717, 1.165) is 36.8 Å². The van der Waals surface area contributed by atoms with E-state index in [4.69, 9.17) is 0 Å². The number of unbranched alkanes of at least 4 members (excludes halogenated alkanes) is 1. The van der Waals surface area contributed by atoms with Crippen molar-refractivity contribution < 1.29 is 14.4 Å². The summed E-state index contributed by atoms with van der Waals surface area (Å²) in [6.45, 7) is 8.18. The predicted molar refractivity (Wildman–Crippen MR) is 64.7 cm³/mol. The first-order valence-electron chi connectivity index (χ1n) is 6.37. The minimum absolute atomic E-state index is 0.187. The van der Waals surface area contributed by atoms with Gasteiger partial charge in [0.15, 0.2) is 0 Å². The van der Waals surface area contributed by atoms with Gasteiger partial charge in [-0.3, -0.25) is 0 Å². The van der Waals surface area contributed by atoms with Gasteiger partial charge in [0, 0.05) is 17.8 Å². The molecule has 0 aromatic rings. The van der Waals surface area contributed by atoms with Crippen molar-refractivity contribution in [3.8, 4) is 0 Å². The number of carbonyl (C=O) groups is 1. The van der Waals surface area contributed by atoms with Gasteiger partial charge in [-0.1, -0.05) is 26.7 Å². The summed E-state index contributed by atoms with van der Waals surface area (Å²) in [6.07, 6.45) is 2.77. The lowest BCUT2D eigenvalue weighted by Gasteiger charge is -2.34. The summed E-state index contributed by atoms with van der Waals surface area (Å²) in [5, 5.41) is 11.1. The van der Waals surface area contributed by atoms with Gasteiger partial charge in [-0.2, -0.15) is 0 Å². The first kappa shape index (κ1) is 15.4. The number of quaternary nitrogens is 1. The van der Waals surface area contributed by atoms with Crippen LogP contribution >= 0.6 is 0 Å². The van der Waals surface area contributed by atoms with Gasteiger partial charge in [0.1, 0.15) is 0 Å². The van der Waals surface area contributed by atoms with Gasteiger partial charge in [-0.25, -0.2) is 0 Å². The number of carboxylic acids is 1. The van der Waals surface area contributed by atoms with Crippen molar-refractivity contribution in [2.75, 3.05) is 27.2 Å². The molecular formula is C13H27NO2. The Morgan fingerprint density at radius 2 is 1.88 bits per heavy atom. The van der Waals surface area contributed by atoms with Gasteiger partial charge in [0.25, 0.3) is 0 Å². The van der Waals surface area contributed by atoms with Crippen LogP contribution in [0.15, 0.2) is 0 Å². The highest BCUT2D eigenvalue weighted by molar-refractivity contribution is 5.67. The summed E-state index contributed by atoms with van der Waals surface area (Å²) in [4.78, 5) is 11.1. The molecule has 0 saturated heterocycles. The summed E-state index contributed by atoms with van der Waals surface area (Å²) < 4.78 is 0.872. The van der Waals surface area contributed by atoms with Crippen LogP contribution < -0.4 is 5.11 Å². The fourth-order valence-corrected chi connectivity index (χ4v) is 2.09. The lowest BCUT2D eigenvalue weighted by Crippen LogP contribution is -2.47. The summed E-state index contributed by atoms with van der Waals surface area (Å²) in [5.74, 6) is -0.979. The molecular weight excluding hydrogens is 202 g/mol. The van der Waals surface area contributed by atoms with Crippen molar-refractivity contribution in [1.82, 2.24) is 0 Å². The molecule has 0 aliphatic carbocycles. The van der Waals surface area contributed by atoms with Gasteiger partial charge in [0.05, 0.1) is 27.2 Å². The molecule has 0 saturated carbocycles. The van der Waals surface area contributed by atoms with Gasteiger partial charge in [-0.05, 0) is 13.3 Å². The molecule has 2 unspecified atom stereocenters.